The third-order valence-corrected chi connectivity index (χ3v) is 2.10. The van der Waals surface area contributed by atoms with Crippen LogP contribution in [0.4, 0.5) is 0 Å². The Morgan fingerprint density at radius 1 is 1.62 bits per heavy atom. The number of hydrogen-bond donors (Lipinski definition) is 2. The third kappa shape index (κ3) is 3.61. The average molecular weight is 182 g/mol. The van der Waals surface area contributed by atoms with Crippen LogP contribution < -0.4 is 5.32 Å². The molecule has 0 radical (unpaired) electrons. The number of rotatable bonds is 6. The molecule has 1 atom stereocenters. The van der Waals surface area contributed by atoms with Gasteiger partial charge in [-0.05, 0) is 31.5 Å². The van der Waals surface area contributed by atoms with Crippen molar-refractivity contribution in [1.29, 1.82) is 0 Å². The van der Waals surface area contributed by atoms with Crippen LogP contribution in [0.3, 0.4) is 0 Å². The van der Waals surface area contributed by atoms with Crippen LogP contribution in [0.2, 0.25) is 0 Å². The van der Waals surface area contributed by atoms with Gasteiger partial charge in [-0.3, -0.25) is 0 Å². The second-order valence-electron chi connectivity index (χ2n) is 3.17. The van der Waals surface area contributed by atoms with Crippen LogP contribution in [0, 0.1) is 0 Å². The molecule has 1 heterocycles. The van der Waals surface area contributed by atoms with E-state index in [4.69, 9.17) is 4.74 Å². The van der Waals surface area contributed by atoms with Crippen molar-refractivity contribution >= 4 is 0 Å². The molecule has 0 unspecified atom stereocenters. The Hall–Kier alpha value is -0.800. The minimum absolute atomic E-state index is 0.420. The summed E-state index contributed by atoms with van der Waals surface area (Å²) < 4.78 is 4.97. The summed E-state index contributed by atoms with van der Waals surface area (Å²) in [6, 6.07) is 2.51. The maximum atomic E-state index is 4.97. The van der Waals surface area contributed by atoms with Crippen molar-refractivity contribution in [1.82, 2.24) is 10.3 Å². The number of H-pyrrole nitrogens is 1. The van der Waals surface area contributed by atoms with Crippen LogP contribution in [0.25, 0.3) is 0 Å². The van der Waals surface area contributed by atoms with E-state index in [2.05, 4.69) is 23.3 Å². The molecule has 0 bridgehead atoms. The van der Waals surface area contributed by atoms with E-state index in [1.807, 2.05) is 12.4 Å². The van der Waals surface area contributed by atoms with E-state index in [9.17, 15) is 0 Å². The Labute approximate surface area is 79.5 Å². The topological polar surface area (TPSA) is 37.0 Å². The van der Waals surface area contributed by atoms with Crippen LogP contribution in [0.1, 0.15) is 24.9 Å². The van der Waals surface area contributed by atoms with E-state index < -0.39 is 0 Å². The SMILES string of the molecule is COCCCN[C@H](C)c1cc[nH]c1. The standard InChI is InChI=1S/C10H18N2O/c1-9(10-4-6-11-8-10)12-5-3-7-13-2/h4,6,8-9,11-12H,3,5,7H2,1-2H3/t9-/m1/s1. The molecule has 0 aliphatic heterocycles. The molecule has 1 rings (SSSR count). The molecule has 2 N–H and O–H groups in total. The number of ether oxygens (including phenoxy) is 1. The first-order valence-corrected chi connectivity index (χ1v) is 4.69. The predicted molar refractivity (Wildman–Crippen MR) is 53.7 cm³/mol. The number of aromatic nitrogens is 1. The normalized spacial score (nSPS) is 13.1. The maximum Gasteiger partial charge on any atom is 0.0474 e. The highest BCUT2D eigenvalue weighted by atomic mass is 16.5. The van der Waals surface area contributed by atoms with Gasteiger partial charge in [-0.2, -0.15) is 0 Å². The van der Waals surface area contributed by atoms with Crippen molar-refractivity contribution in [3.05, 3.63) is 24.0 Å². The van der Waals surface area contributed by atoms with Crippen LogP contribution in [-0.4, -0.2) is 25.2 Å². The summed E-state index contributed by atoms with van der Waals surface area (Å²) in [5, 5.41) is 3.42. The molecule has 0 aliphatic carbocycles. The lowest BCUT2D eigenvalue weighted by Crippen LogP contribution is -2.20. The summed E-state index contributed by atoms with van der Waals surface area (Å²) in [4.78, 5) is 3.05. The van der Waals surface area contributed by atoms with Crippen LogP contribution >= 0.6 is 0 Å². The molecule has 0 spiro atoms. The molecule has 13 heavy (non-hydrogen) atoms. The van der Waals surface area contributed by atoms with Crippen molar-refractivity contribution in [2.75, 3.05) is 20.3 Å². The van der Waals surface area contributed by atoms with Crippen molar-refractivity contribution in [2.45, 2.75) is 19.4 Å². The van der Waals surface area contributed by atoms with Crippen LogP contribution in [0.5, 0.6) is 0 Å². The van der Waals surface area contributed by atoms with Gasteiger partial charge < -0.3 is 15.0 Å². The quantitative estimate of drug-likeness (QED) is 0.657. The minimum Gasteiger partial charge on any atom is -0.385 e. The second-order valence-corrected chi connectivity index (χ2v) is 3.17. The van der Waals surface area contributed by atoms with Crippen molar-refractivity contribution < 1.29 is 4.74 Å². The van der Waals surface area contributed by atoms with E-state index in [-0.39, 0.29) is 0 Å². The predicted octanol–water partition coefficient (Wildman–Crippen LogP) is 1.70. The molecule has 1 aromatic heterocycles. The van der Waals surface area contributed by atoms with Gasteiger partial charge in [0.1, 0.15) is 0 Å². The minimum atomic E-state index is 0.420. The number of hydrogen-bond acceptors (Lipinski definition) is 2. The number of nitrogens with one attached hydrogen (secondary N) is 2. The molecule has 3 nitrogen and oxygen atoms in total. The molecule has 3 heteroatoms. The zero-order valence-electron chi connectivity index (χ0n) is 8.34. The van der Waals surface area contributed by atoms with Crippen LogP contribution in [0.15, 0.2) is 18.5 Å². The van der Waals surface area contributed by atoms with Crippen molar-refractivity contribution in [3.63, 3.8) is 0 Å². The fourth-order valence-corrected chi connectivity index (χ4v) is 1.26. The van der Waals surface area contributed by atoms with Crippen LogP contribution in [-0.2, 0) is 4.74 Å². The van der Waals surface area contributed by atoms with Gasteiger partial charge in [0.25, 0.3) is 0 Å². The van der Waals surface area contributed by atoms with Gasteiger partial charge in [0.05, 0.1) is 0 Å². The molecule has 0 fully saturated rings. The summed E-state index contributed by atoms with van der Waals surface area (Å²) >= 11 is 0. The fourth-order valence-electron chi connectivity index (χ4n) is 1.26. The molecule has 0 aliphatic rings. The molecule has 74 valence electrons. The molecule has 0 amide bonds. The highest BCUT2D eigenvalue weighted by molar-refractivity contribution is 5.12. The first-order chi connectivity index (χ1) is 6.34. The Morgan fingerprint density at radius 2 is 2.46 bits per heavy atom. The van der Waals surface area contributed by atoms with Gasteiger partial charge in [0.2, 0.25) is 0 Å². The first kappa shape index (κ1) is 10.3. The smallest absolute Gasteiger partial charge is 0.0474 e. The summed E-state index contributed by atoms with van der Waals surface area (Å²) in [5.74, 6) is 0. The second kappa shape index (κ2) is 5.78. The van der Waals surface area contributed by atoms with Gasteiger partial charge in [0.15, 0.2) is 0 Å². The molecular formula is C10H18N2O. The zero-order valence-corrected chi connectivity index (χ0v) is 8.34. The van der Waals surface area contributed by atoms with Gasteiger partial charge in [-0.1, -0.05) is 0 Å². The molecule has 0 saturated carbocycles. The summed E-state index contributed by atoms with van der Waals surface area (Å²) in [6.07, 6.45) is 5.03. The summed E-state index contributed by atoms with van der Waals surface area (Å²) in [6.45, 7) is 3.99. The Bertz CT molecular complexity index is 209. The zero-order chi connectivity index (χ0) is 9.52. The molecule has 0 saturated heterocycles. The van der Waals surface area contributed by atoms with Gasteiger partial charge in [-0.15, -0.1) is 0 Å². The molecule has 1 aromatic rings. The third-order valence-electron chi connectivity index (χ3n) is 2.10. The Kier molecular flexibility index (Phi) is 4.57. The lowest BCUT2D eigenvalue weighted by molar-refractivity contribution is 0.193. The van der Waals surface area contributed by atoms with E-state index in [0.717, 1.165) is 19.6 Å². The summed E-state index contributed by atoms with van der Waals surface area (Å²) in [5.41, 5.74) is 1.30. The van der Waals surface area contributed by atoms with E-state index in [1.54, 1.807) is 7.11 Å². The fraction of sp³-hybridized carbons (Fsp3) is 0.600. The highest BCUT2D eigenvalue weighted by Crippen LogP contribution is 2.09. The van der Waals surface area contributed by atoms with E-state index in [1.165, 1.54) is 5.56 Å². The van der Waals surface area contributed by atoms with E-state index in [0.29, 0.717) is 6.04 Å². The molecule has 0 aromatic carbocycles. The van der Waals surface area contributed by atoms with Crippen molar-refractivity contribution in [3.8, 4) is 0 Å². The van der Waals surface area contributed by atoms with E-state index >= 15 is 0 Å². The van der Waals surface area contributed by atoms with Gasteiger partial charge in [-0.25, -0.2) is 0 Å². The Balaban J connectivity index is 2.15. The first-order valence-electron chi connectivity index (χ1n) is 4.69. The maximum absolute atomic E-state index is 4.97. The molecular weight excluding hydrogens is 164 g/mol. The monoisotopic (exact) mass is 182 g/mol. The largest absolute Gasteiger partial charge is 0.385 e. The highest BCUT2D eigenvalue weighted by Gasteiger charge is 2.02. The Morgan fingerprint density at radius 3 is 3.08 bits per heavy atom. The lowest BCUT2D eigenvalue weighted by Gasteiger charge is -2.11. The number of methoxy groups -OCH3 is 1. The van der Waals surface area contributed by atoms with Gasteiger partial charge in [0, 0.05) is 32.2 Å². The number of aromatic amines is 1. The average Bonchev–Trinajstić information content (AvgIpc) is 2.65. The van der Waals surface area contributed by atoms with Crippen molar-refractivity contribution in [2.24, 2.45) is 0 Å². The lowest BCUT2D eigenvalue weighted by atomic mass is 10.2. The summed E-state index contributed by atoms with van der Waals surface area (Å²) in [7, 11) is 1.73. The van der Waals surface area contributed by atoms with Gasteiger partial charge >= 0.3 is 0 Å².